The van der Waals surface area contributed by atoms with Crippen LogP contribution < -0.4 is 0 Å². The van der Waals surface area contributed by atoms with Crippen molar-refractivity contribution in [2.75, 3.05) is 0 Å². The highest BCUT2D eigenvalue weighted by atomic mass is 16.3. The van der Waals surface area contributed by atoms with Gasteiger partial charge in [0.15, 0.2) is 17.5 Å². The van der Waals surface area contributed by atoms with Crippen LogP contribution in [0.2, 0.25) is 0 Å². The van der Waals surface area contributed by atoms with Crippen molar-refractivity contribution in [2.24, 2.45) is 0 Å². The monoisotopic (exact) mass is 601 g/mol. The van der Waals surface area contributed by atoms with Gasteiger partial charge in [-0.05, 0) is 51.2 Å². The molecule has 0 amide bonds. The number of nitrogens with zero attached hydrogens (tertiary/aromatic N) is 3. The van der Waals surface area contributed by atoms with E-state index >= 15 is 0 Å². The smallest absolute Gasteiger partial charge is 0.164 e. The predicted molar refractivity (Wildman–Crippen MR) is 192 cm³/mol. The van der Waals surface area contributed by atoms with Crippen LogP contribution in [-0.2, 0) is 0 Å². The van der Waals surface area contributed by atoms with Gasteiger partial charge in [-0.15, -0.1) is 0 Å². The minimum Gasteiger partial charge on any atom is -0.456 e. The standard InChI is InChI=1S/C43H27N3O/c1-2-10-32(11-3-1)41-44-42(46-43(45-41)37-14-8-16-39-40(37)36-13-6-7-15-38(36)47-39)33-24-21-30(22-25-33)29-17-19-31(20-18-29)35-26-23-28-9-4-5-12-34(28)27-35/h1-27H. The normalized spacial score (nSPS) is 11.4. The van der Waals surface area contributed by atoms with Crippen LogP contribution in [0.1, 0.15) is 0 Å². The zero-order chi connectivity index (χ0) is 31.2. The number of hydrogen-bond donors (Lipinski definition) is 0. The lowest BCUT2D eigenvalue weighted by molar-refractivity contribution is 0.669. The molecule has 0 bridgehead atoms. The fourth-order valence-electron chi connectivity index (χ4n) is 6.34. The van der Waals surface area contributed by atoms with Crippen LogP contribution in [0.4, 0.5) is 0 Å². The van der Waals surface area contributed by atoms with Gasteiger partial charge in [0.2, 0.25) is 0 Å². The van der Waals surface area contributed by atoms with E-state index in [1.165, 1.54) is 21.9 Å². The zero-order valence-corrected chi connectivity index (χ0v) is 25.3. The highest BCUT2D eigenvalue weighted by Crippen LogP contribution is 2.36. The average Bonchev–Trinajstić information content (AvgIpc) is 3.54. The van der Waals surface area contributed by atoms with Gasteiger partial charge in [0.1, 0.15) is 11.2 Å². The Labute approximate surface area is 271 Å². The van der Waals surface area contributed by atoms with Gasteiger partial charge in [-0.2, -0.15) is 0 Å². The lowest BCUT2D eigenvalue weighted by atomic mass is 9.98. The fraction of sp³-hybridized carbons (Fsp3) is 0. The van der Waals surface area contributed by atoms with Crippen LogP contribution in [0.5, 0.6) is 0 Å². The van der Waals surface area contributed by atoms with Gasteiger partial charge in [0.25, 0.3) is 0 Å². The molecule has 0 aliphatic carbocycles. The molecule has 0 N–H and O–H groups in total. The van der Waals surface area contributed by atoms with E-state index in [4.69, 9.17) is 19.4 Å². The molecule has 0 fully saturated rings. The third-order valence-electron chi connectivity index (χ3n) is 8.75. The van der Waals surface area contributed by atoms with Crippen molar-refractivity contribution in [1.29, 1.82) is 0 Å². The minimum absolute atomic E-state index is 0.611. The van der Waals surface area contributed by atoms with Gasteiger partial charge < -0.3 is 4.42 Å². The molecule has 0 saturated heterocycles. The summed E-state index contributed by atoms with van der Waals surface area (Å²) in [5, 5.41) is 4.54. The van der Waals surface area contributed by atoms with E-state index in [1.807, 2.05) is 60.7 Å². The number of fused-ring (bicyclic) bond motifs is 4. The molecule has 9 rings (SSSR count). The molecule has 0 atom stereocenters. The molecule has 0 aliphatic heterocycles. The van der Waals surface area contributed by atoms with E-state index in [0.717, 1.165) is 49.8 Å². The Morgan fingerprint density at radius 1 is 0.340 bits per heavy atom. The summed E-state index contributed by atoms with van der Waals surface area (Å²) in [7, 11) is 0. The van der Waals surface area contributed by atoms with Crippen LogP contribution in [-0.4, -0.2) is 15.0 Å². The first-order valence-electron chi connectivity index (χ1n) is 15.7. The van der Waals surface area contributed by atoms with E-state index in [2.05, 4.69) is 103 Å². The Morgan fingerprint density at radius 2 is 0.872 bits per heavy atom. The van der Waals surface area contributed by atoms with Crippen LogP contribution >= 0.6 is 0 Å². The Bertz CT molecular complexity index is 2550. The maximum absolute atomic E-state index is 6.18. The van der Waals surface area contributed by atoms with Crippen molar-refractivity contribution in [3.05, 3.63) is 164 Å². The maximum atomic E-state index is 6.18. The number of benzene rings is 7. The molecule has 0 aliphatic rings. The van der Waals surface area contributed by atoms with Gasteiger partial charge in [-0.1, -0.05) is 146 Å². The van der Waals surface area contributed by atoms with Crippen LogP contribution in [0.15, 0.2) is 168 Å². The summed E-state index contributed by atoms with van der Waals surface area (Å²) in [5.41, 5.74) is 9.11. The molecule has 220 valence electrons. The van der Waals surface area contributed by atoms with Gasteiger partial charge >= 0.3 is 0 Å². The first-order valence-corrected chi connectivity index (χ1v) is 15.7. The Balaban J connectivity index is 1.09. The summed E-state index contributed by atoms with van der Waals surface area (Å²) in [5.74, 6) is 1.86. The van der Waals surface area contributed by atoms with Crippen LogP contribution in [0, 0.1) is 0 Å². The van der Waals surface area contributed by atoms with Gasteiger partial charge in [-0.3, -0.25) is 0 Å². The quantitative estimate of drug-likeness (QED) is 0.197. The number of furan rings is 1. The number of aromatic nitrogens is 3. The van der Waals surface area contributed by atoms with Gasteiger partial charge in [0, 0.05) is 27.5 Å². The highest BCUT2D eigenvalue weighted by Gasteiger charge is 2.17. The largest absolute Gasteiger partial charge is 0.456 e. The summed E-state index contributed by atoms with van der Waals surface area (Å²) in [6.45, 7) is 0. The first kappa shape index (κ1) is 27.0. The molecule has 0 unspecified atom stereocenters. The Hall–Kier alpha value is -6.39. The van der Waals surface area contributed by atoms with E-state index in [9.17, 15) is 0 Å². The van der Waals surface area contributed by atoms with Crippen molar-refractivity contribution in [3.8, 4) is 56.4 Å². The summed E-state index contributed by atoms with van der Waals surface area (Å²) in [6, 6.07) is 56.5. The Kier molecular flexibility index (Phi) is 6.43. The molecule has 0 radical (unpaired) electrons. The average molecular weight is 602 g/mol. The van der Waals surface area contributed by atoms with Gasteiger partial charge in [0.05, 0.1) is 0 Å². The molecule has 4 heteroatoms. The Morgan fingerprint density at radius 3 is 1.62 bits per heavy atom. The third kappa shape index (κ3) is 4.93. The van der Waals surface area contributed by atoms with Crippen LogP contribution in [0.25, 0.3) is 89.1 Å². The second-order valence-electron chi connectivity index (χ2n) is 11.7. The summed E-state index contributed by atoms with van der Waals surface area (Å²) in [6.07, 6.45) is 0. The summed E-state index contributed by atoms with van der Waals surface area (Å²) >= 11 is 0. The third-order valence-corrected chi connectivity index (χ3v) is 8.75. The molecule has 4 nitrogen and oxygen atoms in total. The van der Waals surface area contributed by atoms with E-state index in [1.54, 1.807) is 0 Å². The highest BCUT2D eigenvalue weighted by molar-refractivity contribution is 6.11. The molecule has 7 aromatic carbocycles. The van der Waals surface area contributed by atoms with Crippen molar-refractivity contribution < 1.29 is 4.42 Å². The molecule has 0 saturated carbocycles. The van der Waals surface area contributed by atoms with Gasteiger partial charge in [-0.25, -0.2) is 15.0 Å². The molecular formula is C43H27N3O. The minimum atomic E-state index is 0.611. The molecular weight excluding hydrogens is 574 g/mol. The van der Waals surface area contributed by atoms with E-state index in [0.29, 0.717) is 17.5 Å². The topological polar surface area (TPSA) is 51.8 Å². The summed E-state index contributed by atoms with van der Waals surface area (Å²) < 4.78 is 6.18. The van der Waals surface area contributed by atoms with Crippen molar-refractivity contribution in [2.45, 2.75) is 0 Å². The lowest BCUT2D eigenvalue weighted by Crippen LogP contribution is -2.00. The number of rotatable bonds is 5. The maximum Gasteiger partial charge on any atom is 0.164 e. The zero-order valence-electron chi connectivity index (χ0n) is 25.3. The molecule has 2 aromatic heterocycles. The summed E-state index contributed by atoms with van der Waals surface area (Å²) in [4.78, 5) is 15.0. The first-order chi connectivity index (χ1) is 23.3. The molecule has 0 spiro atoms. The lowest BCUT2D eigenvalue weighted by Gasteiger charge is -2.10. The number of para-hydroxylation sites is 1. The van der Waals surface area contributed by atoms with Crippen LogP contribution in [0.3, 0.4) is 0 Å². The SMILES string of the molecule is c1ccc(-c2nc(-c3ccc(-c4ccc(-c5ccc6ccccc6c5)cc4)cc3)nc(-c3cccc4oc5ccccc5c34)n2)cc1. The second kappa shape index (κ2) is 11.2. The van der Waals surface area contributed by atoms with Crippen molar-refractivity contribution >= 4 is 32.7 Å². The predicted octanol–water partition coefficient (Wildman–Crippen LogP) is 11.3. The van der Waals surface area contributed by atoms with Crippen molar-refractivity contribution in [3.63, 3.8) is 0 Å². The fourth-order valence-corrected chi connectivity index (χ4v) is 6.34. The number of hydrogen-bond acceptors (Lipinski definition) is 4. The molecule has 47 heavy (non-hydrogen) atoms. The molecule has 9 aromatic rings. The molecule has 2 heterocycles. The van der Waals surface area contributed by atoms with E-state index in [-0.39, 0.29) is 0 Å². The van der Waals surface area contributed by atoms with E-state index < -0.39 is 0 Å². The second-order valence-corrected chi connectivity index (χ2v) is 11.7. The van der Waals surface area contributed by atoms with Crippen molar-refractivity contribution in [1.82, 2.24) is 15.0 Å².